The number of nitrogen functional groups attached to an aromatic ring is 1. The second-order valence-corrected chi connectivity index (χ2v) is 4.08. The minimum Gasteiger partial charge on any atom is -0.383 e. The fourth-order valence-corrected chi connectivity index (χ4v) is 1.90. The van der Waals surface area contributed by atoms with Crippen molar-refractivity contribution >= 4 is 17.2 Å². The smallest absolute Gasteiger partial charge is 0.263 e. The normalized spacial score (nSPS) is 10.9. The predicted molar refractivity (Wildman–Crippen MR) is 62.0 cm³/mol. The summed E-state index contributed by atoms with van der Waals surface area (Å²) in [5.41, 5.74) is 8.85. The number of hydrogen-bond acceptors (Lipinski definition) is 7. The molecule has 8 heteroatoms. The Balaban J connectivity index is 2.04. The van der Waals surface area contributed by atoms with Gasteiger partial charge in [0.1, 0.15) is 17.1 Å². The van der Waals surface area contributed by atoms with E-state index >= 15 is 0 Å². The van der Waals surface area contributed by atoms with E-state index in [2.05, 4.69) is 20.2 Å². The molecule has 0 amide bonds. The average molecular weight is 248 g/mol. The molecule has 3 heterocycles. The van der Waals surface area contributed by atoms with Gasteiger partial charge in [0.15, 0.2) is 0 Å². The first kappa shape index (κ1) is 9.97. The molecule has 0 saturated carbocycles. The van der Waals surface area contributed by atoms with Crippen LogP contribution >= 0.6 is 11.3 Å². The van der Waals surface area contributed by atoms with Crippen molar-refractivity contribution in [3.8, 4) is 23.0 Å². The lowest BCUT2D eigenvalue weighted by Gasteiger charge is -1.93. The second kappa shape index (κ2) is 3.67. The molecule has 0 bridgehead atoms. The Labute approximate surface area is 99.9 Å². The maximum absolute atomic E-state index is 5.82. The van der Waals surface area contributed by atoms with Gasteiger partial charge in [0.25, 0.3) is 5.89 Å². The molecule has 3 aromatic heterocycles. The van der Waals surface area contributed by atoms with Crippen LogP contribution in [0.2, 0.25) is 0 Å². The minimum atomic E-state index is 0.346. The standard InChI is InChI=1S/C9H8N6OS/c1-15-7(10)5(2-12-15)9-13-8(14-16-9)6-3-17-4-11-6/h2-4H,10H2,1H3. The molecule has 0 atom stereocenters. The summed E-state index contributed by atoms with van der Waals surface area (Å²) in [6.07, 6.45) is 1.59. The number of thiazole rings is 1. The number of aryl methyl sites for hydroxylation is 1. The first-order valence-electron chi connectivity index (χ1n) is 4.76. The molecule has 0 saturated heterocycles. The SMILES string of the molecule is Cn1ncc(-c2nc(-c3cscn3)no2)c1N. The van der Waals surface area contributed by atoms with E-state index in [4.69, 9.17) is 10.3 Å². The highest BCUT2D eigenvalue weighted by Gasteiger charge is 2.16. The summed E-state index contributed by atoms with van der Waals surface area (Å²) in [6.45, 7) is 0. The number of nitrogens with two attached hydrogens (primary N) is 1. The molecule has 86 valence electrons. The van der Waals surface area contributed by atoms with Crippen LogP contribution in [0.5, 0.6) is 0 Å². The summed E-state index contributed by atoms with van der Waals surface area (Å²) in [7, 11) is 1.75. The van der Waals surface area contributed by atoms with E-state index in [1.54, 1.807) is 23.4 Å². The van der Waals surface area contributed by atoms with Crippen molar-refractivity contribution in [3.63, 3.8) is 0 Å². The number of aromatic nitrogens is 5. The summed E-state index contributed by atoms with van der Waals surface area (Å²) < 4.78 is 6.68. The lowest BCUT2D eigenvalue weighted by Crippen LogP contribution is -1.98. The van der Waals surface area contributed by atoms with Gasteiger partial charge in [-0.05, 0) is 0 Å². The predicted octanol–water partition coefficient (Wildman–Crippen LogP) is 1.18. The summed E-state index contributed by atoms with van der Waals surface area (Å²) in [5, 5.41) is 9.71. The molecule has 0 aromatic carbocycles. The van der Waals surface area contributed by atoms with Crippen LogP contribution in [0.1, 0.15) is 0 Å². The molecule has 0 aliphatic carbocycles. The van der Waals surface area contributed by atoms with Gasteiger partial charge in [-0.15, -0.1) is 11.3 Å². The van der Waals surface area contributed by atoms with Crippen molar-refractivity contribution in [3.05, 3.63) is 17.1 Å². The van der Waals surface area contributed by atoms with Crippen molar-refractivity contribution < 1.29 is 4.52 Å². The minimum absolute atomic E-state index is 0.346. The maximum atomic E-state index is 5.82. The summed E-state index contributed by atoms with van der Waals surface area (Å²) >= 11 is 1.47. The quantitative estimate of drug-likeness (QED) is 0.731. The van der Waals surface area contributed by atoms with Crippen LogP contribution in [-0.4, -0.2) is 24.9 Å². The van der Waals surface area contributed by atoms with Gasteiger partial charge in [0.2, 0.25) is 5.82 Å². The Hall–Kier alpha value is -2.22. The fraction of sp³-hybridized carbons (Fsp3) is 0.111. The second-order valence-electron chi connectivity index (χ2n) is 3.36. The molecule has 7 nitrogen and oxygen atoms in total. The summed E-state index contributed by atoms with van der Waals surface area (Å²) in [4.78, 5) is 8.33. The number of hydrogen-bond donors (Lipinski definition) is 1. The van der Waals surface area contributed by atoms with E-state index in [9.17, 15) is 0 Å². The average Bonchev–Trinajstić information content (AvgIpc) is 3.01. The molecular weight excluding hydrogens is 240 g/mol. The van der Waals surface area contributed by atoms with E-state index in [0.717, 1.165) is 0 Å². The molecular formula is C9H8N6OS. The lowest BCUT2D eigenvalue weighted by atomic mass is 10.3. The Bertz CT molecular complexity index is 640. The Morgan fingerprint density at radius 3 is 3.00 bits per heavy atom. The van der Waals surface area contributed by atoms with Crippen molar-refractivity contribution in [1.29, 1.82) is 0 Å². The van der Waals surface area contributed by atoms with Gasteiger partial charge in [-0.2, -0.15) is 10.1 Å². The molecule has 2 N–H and O–H groups in total. The maximum Gasteiger partial charge on any atom is 0.263 e. The lowest BCUT2D eigenvalue weighted by molar-refractivity contribution is 0.432. The molecule has 0 unspecified atom stereocenters. The number of rotatable bonds is 2. The summed E-state index contributed by atoms with van der Waals surface area (Å²) in [6, 6.07) is 0. The molecule has 3 rings (SSSR count). The highest BCUT2D eigenvalue weighted by atomic mass is 32.1. The molecule has 17 heavy (non-hydrogen) atoms. The van der Waals surface area contributed by atoms with E-state index in [-0.39, 0.29) is 0 Å². The number of nitrogens with zero attached hydrogens (tertiary/aromatic N) is 5. The van der Waals surface area contributed by atoms with E-state index < -0.39 is 0 Å². The zero-order valence-electron chi connectivity index (χ0n) is 8.86. The van der Waals surface area contributed by atoms with Crippen LogP contribution in [0.4, 0.5) is 5.82 Å². The van der Waals surface area contributed by atoms with Gasteiger partial charge >= 0.3 is 0 Å². The largest absolute Gasteiger partial charge is 0.383 e. The van der Waals surface area contributed by atoms with Gasteiger partial charge < -0.3 is 10.3 Å². The van der Waals surface area contributed by atoms with Crippen LogP contribution in [0, 0.1) is 0 Å². The molecule has 0 aliphatic rings. The Morgan fingerprint density at radius 1 is 1.47 bits per heavy atom. The highest BCUT2D eigenvalue weighted by molar-refractivity contribution is 7.07. The van der Waals surface area contributed by atoms with Gasteiger partial charge in [-0.3, -0.25) is 4.68 Å². The number of anilines is 1. The van der Waals surface area contributed by atoms with Gasteiger partial charge in [-0.1, -0.05) is 5.16 Å². The van der Waals surface area contributed by atoms with Crippen LogP contribution in [0.3, 0.4) is 0 Å². The monoisotopic (exact) mass is 248 g/mol. The zero-order valence-corrected chi connectivity index (χ0v) is 9.68. The fourth-order valence-electron chi connectivity index (χ4n) is 1.37. The van der Waals surface area contributed by atoms with Crippen LogP contribution in [0.15, 0.2) is 21.6 Å². The molecule has 3 aromatic rings. The van der Waals surface area contributed by atoms with Crippen LogP contribution < -0.4 is 5.73 Å². The first-order chi connectivity index (χ1) is 8.25. The van der Waals surface area contributed by atoms with E-state index in [1.165, 1.54) is 11.3 Å². The zero-order chi connectivity index (χ0) is 11.8. The topological polar surface area (TPSA) is 95.6 Å². The highest BCUT2D eigenvalue weighted by Crippen LogP contribution is 2.25. The van der Waals surface area contributed by atoms with Crippen molar-refractivity contribution in [1.82, 2.24) is 24.9 Å². The van der Waals surface area contributed by atoms with Crippen molar-refractivity contribution in [2.45, 2.75) is 0 Å². The van der Waals surface area contributed by atoms with Crippen LogP contribution in [0.25, 0.3) is 23.0 Å². The molecule has 0 spiro atoms. The first-order valence-corrected chi connectivity index (χ1v) is 5.70. The Morgan fingerprint density at radius 2 is 2.35 bits per heavy atom. The van der Waals surface area contributed by atoms with Crippen molar-refractivity contribution in [2.75, 3.05) is 5.73 Å². The van der Waals surface area contributed by atoms with Crippen LogP contribution in [-0.2, 0) is 7.05 Å². The Kier molecular flexibility index (Phi) is 2.15. The van der Waals surface area contributed by atoms with Gasteiger partial charge in [-0.25, -0.2) is 4.98 Å². The molecule has 0 aliphatic heterocycles. The third kappa shape index (κ3) is 1.58. The van der Waals surface area contributed by atoms with Gasteiger partial charge in [0, 0.05) is 12.4 Å². The molecule has 0 radical (unpaired) electrons. The van der Waals surface area contributed by atoms with Gasteiger partial charge in [0.05, 0.1) is 11.7 Å². The van der Waals surface area contributed by atoms with E-state index in [0.29, 0.717) is 28.8 Å². The third-order valence-electron chi connectivity index (χ3n) is 2.30. The summed E-state index contributed by atoms with van der Waals surface area (Å²) in [5.74, 6) is 1.28. The third-order valence-corrected chi connectivity index (χ3v) is 2.89. The van der Waals surface area contributed by atoms with Crippen molar-refractivity contribution in [2.24, 2.45) is 7.05 Å². The van der Waals surface area contributed by atoms with E-state index in [1.807, 2.05) is 5.38 Å². The molecule has 0 fully saturated rings.